The number of benzene rings is 1. The van der Waals surface area contributed by atoms with Gasteiger partial charge in [-0.05, 0) is 17.7 Å². The number of morpholine rings is 1. The van der Waals surface area contributed by atoms with E-state index in [0.29, 0.717) is 42.7 Å². The van der Waals surface area contributed by atoms with Crippen LogP contribution < -0.4 is 16.0 Å². The normalized spacial score (nSPS) is 16.4. The Labute approximate surface area is 166 Å². The Morgan fingerprint density at radius 1 is 1.46 bits per heavy atom. The van der Waals surface area contributed by atoms with Gasteiger partial charge in [0.25, 0.3) is 0 Å². The smallest absolute Gasteiger partial charge is 0.321 e. The van der Waals surface area contributed by atoms with Gasteiger partial charge in [0.15, 0.2) is 5.13 Å². The van der Waals surface area contributed by atoms with Gasteiger partial charge in [0.2, 0.25) is 5.91 Å². The van der Waals surface area contributed by atoms with Crippen LogP contribution in [0, 0.1) is 5.82 Å². The summed E-state index contributed by atoms with van der Waals surface area (Å²) in [5.74, 6) is -0.409. The first-order chi connectivity index (χ1) is 13.5. The predicted molar refractivity (Wildman–Crippen MR) is 103 cm³/mol. The monoisotopic (exact) mass is 407 g/mol. The maximum atomic E-state index is 13.1. The molecule has 3 amide bonds. The zero-order valence-electron chi connectivity index (χ0n) is 15.4. The molecule has 2 heterocycles. The van der Waals surface area contributed by atoms with E-state index >= 15 is 0 Å². The number of carbonyl (C=O) groups excluding carboxylic acids is 2. The second-order valence-electron chi connectivity index (χ2n) is 6.36. The average molecular weight is 407 g/mol. The lowest BCUT2D eigenvalue weighted by Crippen LogP contribution is -2.51. The molecule has 150 valence electrons. The van der Waals surface area contributed by atoms with Crippen LogP contribution in [0.5, 0.6) is 0 Å². The van der Waals surface area contributed by atoms with Gasteiger partial charge < -0.3 is 20.3 Å². The van der Waals surface area contributed by atoms with Gasteiger partial charge >= 0.3 is 6.03 Å². The first-order valence-corrected chi connectivity index (χ1v) is 9.69. The molecule has 0 aliphatic carbocycles. The lowest BCUT2D eigenvalue weighted by Gasteiger charge is -2.27. The van der Waals surface area contributed by atoms with Crippen molar-refractivity contribution in [2.24, 2.45) is 0 Å². The van der Waals surface area contributed by atoms with E-state index in [1.165, 1.54) is 23.5 Å². The molecular weight excluding hydrogens is 385 g/mol. The Morgan fingerprint density at radius 3 is 3.07 bits per heavy atom. The minimum absolute atomic E-state index is 0.0601. The number of anilines is 1. The topological polar surface area (TPSA) is 95.6 Å². The maximum Gasteiger partial charge on any atom is 0.321 e. The molecule has 0 spiro atoms. The fraction of sp³-hybridized carbons (Fsp3) is 0.389. The Hall–Kier alpha value is -2.56. The minimum Gasteiger partial charge on any atom is -0.378 e. The van der Waals surface area contributed by atoms with Crippen molar-refractivity contribution < 1.29 is 18.7 Å². The van der Waals surface area contributed by atoms with Gasteiger partial charge in [0.05, 0.1) is 25.5 Å². The highest BCUT2D eigenvalue weighted by Crippen LogP contribution is 2.17. The molecule has 1 aliphatic rings. The number of ether oxygens (including phenoxy) is 1. The predicted octanol–water partition coefficient (Wildman–Crippen LogP) is 1.55. The number of thiazole rings is 1. The Bertz CT molecular complexity index is 825. The SMILES string of the molecule is CN(Cc1csc(NC(=O)NCc2cccc(F)c2)n1)C(=O)C1COCCN1. The Balaban J connectivity index is 1.46. The van der Waals surface area contributed by atoms with Crippen LogP contribution in [0.2, 0.25) is 0 Å². The lowest BCUT2D eigenvalue weighted by atomic mass is 10.2. The van der Waals surface area contributed by atoms with Crippen molar-refractivity contribution in [3.05, 3.63) is 46.7 Å². The first kappa shape index (κ1) is 20.2. The van der Waals surface area contributed by atoms with Crippen LogP contribution in [-0.4, -0.2) is 54.7 Å². The standard InChI is InChI=1S/C18H22FN5O3S/c1-24(16(25)15-10-27-6-5-20-15)9-14-11-28-18(22-14)23-17(26)21-8-12-3-2-4-13(19)7-12/h2-4,7,11,15,20H,5-6,8-10H2,1H3,(H2,21,22,23,26). The number of likely N-dealkylation sites (N-methyl/N-ethyl adjacent to an activating group) is 1. The van der Waals surface area contributed by atoms with Crippen molar-refractivity contribution in [1.82, 2.24) is 20.5 Å². The number of hydrogen-bond donors (Lipinski definition) is 3. The second-order valence-corrected chi connectivity index (χ2v) is 7.22. The first-order valence-electron chi connectivity index (χ1n) is 8.81. The van der Waals surface area contributed by atoms with E-state index in [9.17, 15) is 14.0 Å². The lowest BCUT2D eigenvalue weighted by molar-refractivity contribution is -0.135. The fourth-order valence-electron chi connectivity index (χ4n) is 2.72. The molecule has 3 rings (SSSR count). The molecule has 10 heteroatoms. The van der Waals surface area contributed by atoms with E-state index in [2.05, 4.69) is 20.9 Å². The van der Waals surface area contributed by atoms with Crippen molar-refractivity contribution >= 4 is 28.4 Å². The summed E-state index contributed by atoms with van der Waals surface area (Å²) in [5, 5.41) is 10.6. The summed E-state index contributed by atoms with van der Waals surface area (Å²) in [6.45, 7) is 2.16. The number of nitrogens with zero attached hydrogens (tertiary/aromatic N) is 2. The summed E-state index contributed by atoms with van der Waals surface area (Å²) in [7, 11) is 1.71. The third-order valence-electron chi connectivity index (χ3n) is 4.11. The molecule has 28 heavy (non-hydrogen) atoms. The van der Waals surface area contributed by atoms with Crippen LogP contribution >= 0.6 is 11.3 Å². The number of rotatable bonds is 6. The number of urea groups is 1. The molecule has 0 saturated carbocycles. The van der Waals surface area contributed by atoms with Crippen LogP contribution in [0.25, 0.3) is 0 Å². The third kappa shape index (κ3) is 5.72. The highest BCUT2D eigenvalue weighted by molar-refractivity contribution is 7.13. The fourth-order valence-corrected chi connectivity index (χ4v) is 3.42. The number of aromatic nitrogens is 1. The van der Waals surface area contributed by atoms with Gasteiger partial charge in [-0.25, -0.2) is 14.2 Å². The highest BCUT2D eigenvalue weighted by atomic mass is 32.1. The van der Waals surface area contributed by atoms with Gasteiger partial charge in [-0.3, -0.25) is 10.1 Å². The summed E-state index contributed by atoms with van der Waals surface area (Å²) in [6, 6.07) is 5.25. The number of halogens is 1. The van der Waals surface area contributed by atoms with E-state index in [4.69, 9.17) is 4.74 Å². The quantitative estimate of drug-likeness (QED) is 0.675. The van der Waals surface area contributed by atoms with E-state index in [1.807, 2.05) is 0 Å². The number of nitrogens with one attached hydrogen (secondary N) is 3. The zero-order valence-corrected chi connectivity index (χ0v) is 16.2. The molecule has 8 nitrogen and oxygen atoms in total. The molecule has 1 saturated heterocycles. The number of amides is 3. The summed E-state index contributed by atoms with van der Waals surface area (Å²) >= 11 is 1.27. The van der Waals surface area contributed by atoms with Gasteiger partial charge in [0, 0.05) is 25.5 Å². The number of hydrogen-bond acceptors (Lipinski definition) is 6. The molecular formula is C18H22FN5O3S. The maximum absolute atomic E-state index is 13.1. The molecule has 2 aromatic rings. The van der Waals surface area contributed by atoms with Gasteiger partial charge in [0.1, 0.15) is 11.9 Å². The van der Waals surface area contributed by atoms with Crippen LogP contribution in [-0.2, 0) is 22.6 Å². The molecule has 1 aromatic carbocycles. The summed E-state index contributed by atoms with van der Waals surface area (Å²) in [6.07, 6.45) is 0. The molecule has 1 unspecified atom stereocenters. The van der Waals surface area contributed by atoms with E-state index in [1.54, 1.807) is 29.5 Å². The van der Waals surface area contributed by atoms with Crippen LogP contribution in [0.1, 0.15) is 11.3 Å². The molecule has 0 bridgehead atoms. The van der Waals surface area contributed by atoms with E-state index in [0.717, 1.165) is 0 Å². The van der Waals surface area contributed by atoms with Crippen molar-refractivity contribution in [3.63, 3.8) is 0 Å². The van der Waals surface area contributed by atoms with Crippen LogP contribution in [0.15, 0.2) is 29.6 Å². The molecule has 1 aliphatic heterocycles. The van der Waals surface area contributed by atoms with Gasteiger partial charge in [-0.2, -0.15) is 0 Å². The molecule has 3 N–H and O–H groups in total. The average Bonchev–Trinajstić information content (AvgIpc) is 3.13. The summed E-state index contributed by atoms with van der Waals surface area (Å²) < 4.78 is 18.5. The zero-order chi connectivity index (χ0) is 19.9. The van der Waals surface area contributed by atoms with E-state index in [-0.39, 0.29) is 24.3 Å². The second kappa shape index (κ2) is 9.58. The summed E-state index contributed by atoms with van der Waals surface area (Å²) in [5.41, 5.74) is 1.34. The van der Waals surface area contributed by atoms with Crippen molar-refractivity contribution in [2.45, 2.75) is 19.1 Å². The number of carbonyl (C=O) groups is 2. The summed E-state index contributed by atoms with van der Waals surface area (Å²) in [4.78, 5) is 30.3. The van der Waals surface area contributed by atoms with Crippen LogP contribution in [0.4, 0.5) is 14.3 Å². The molecule has 1 aromatic heterocycles. The third-order valence-corrected chi connectivity index (χ3v) is 4.92. The van der Waals surface area contributed by atoms with Gasteiger partial charge in [-0.1, -0.05) is 12.1 Å². The van der Waals surface area contributed by atoms with E-state index < -0.39 is 6.03 Å². The Morgan fingerprint density at radius 2 is 2.32 bits per heavy atom. The molecule has 0 radical (unpaired) electrons. The van der Waals surface area contributed by atoms with Crippen molar-refractivity contribution in [1.29, 1.82) is 0 Å². The highest BCUT2D eigenvalue weighted by Gasteiger charge is 2.24. The molecule has 1 atom stereocenters. The minimum atomic E-state index is -0.432. The molecule has 1 fully saturated rings. The van der Waals surface area contributed by atoms with Gasteiger partial charge in [-0.15, -0.1) is 11.3 Å². The Kier molecular flexibility index (Phi) is 6.90. The largest absolute Gasteiger partial charge is 0.378 e. The van der Waals surface area contributed by atoms with Crippen molar-refractivity contribution in [3.8, 4) is 0 Å². The van der Waals surface area contributed by atoms with Crippen LogP contribution in [0.3, 0.4) is 0 Å². The van der Waals surface area contributed by atoms with Crippen molar-refractivity contribution in [2.75, 3.05) is 32.1 Å².